The molecule has 0 saturated heterocycles. The molecule has 1 amide bonds. The molecule has 0 atom stereocenters. The summed E-state index contributed by atoms with van der Waals surface area (Å²) in [6.07, 6.45) is 2.99. The molecular weight excluding hydrogens is 422 g/mol. The van der Waals surface area contributed by atoms with Gasteiger partial charge in [-0.3, -0.25) is 13.9 Å². The largest absolute Gasteiger partial charge is 0.496 e. The molecule has 3 aromatic rings. The maximum absolute atomic E-state index is 12.9. The molecule has 4 rings (SSSR count). The van der Waals surface area contributed by atoms with Crippen molar-refractivity contribution in [2.45, 2.75) is 19.4 Å². The molecule has 1 aliphatic heterocycles. The lowest BCUT2D eigenvalue weighted by atomic mass is 9.97. The van der Waals surface area contributed by atoms with Crippen molar-refractivity contribution >= 4 is 22.5 Å². The Labute approximate surface area is 192 Å². The molecule has 0 radical (unpaired) electrons. The van der Waals surface area contributed by atoms with E-state index in [2.05, 4.69) is 0 Å². The monoisotopic (exact) mass is 451 g/mol. The lowest BCUT2D eigenvalue weighted by molar-refractivity contribution is -0.131. The average Bonchev–Trinajstić information content (AvgIpc) is 3.11. The molecule has 1 aromatic heterocycles. The van der Waals surface area contributed by atoms with Gasteiger partial charge in [-0.2, -0.15) is 0 Å². The normalized spacial score (nSPS) is 13.7. The molecule has 0 bridgehead atoms. The first-order valence-corrected chi connectivity index (χ1v) is 10.9. The number of amides is 1. The molecule has 1 aliphatic rings. The topological polar surface area (TPSA) is 74.9 Å². The number of aromatic nitrogens is 2. The molecule has 0 spiro atoms. The summed E-state index contributed by atoms with van der Waals surface area (Å²) in [7, 11) is 6.59. The van der Waals surface area contributed by atoms with Crippen LogP contribution in [0.5, 0.6) is 17.2 Å². The summed E-state index contributed by atoms with van der Waals surface area (Å²) in [5, 5.41) is 0. The van der Waals surface area contributed by atoms with Gasteiger partial charge < -0.3 is 19.1 Å². The summed E-state index contributed by atoms with van der Waals surface area (Å²) in [6.45, 7) is 1.44. The van der Waals surface area contributed by atoms with Crippen molar-refractivity contribution in [2.24, 2.45) is 7.05 Å². The summed E-state index contributed by atoms with van der Waals surface area (Å²) >= 11 is 0. The minimum atomic E-state index is -0.108. The van der Waals surface area contributed by atoms with Crippen LogP contribution in [0.4, 0.5) is 0 Å². The van der Waals surface area contributed by atoms with Crippen molar-refractivity contribution in [3.05, 3.63) is 58.5 Å². The highest BCUT2D eigenvalue weighted by Gasteiger charge is 2.23. The second-order valence-corrected chi connectivity index (χ2v) is 7.96. The first-order valence-electron chi connectivity index (χ1n) is 10.9. The van der Waals surface area contributed by atoms with Crippen LogP contribution in [0.2, 0.25) is 0 Å². The second kappa shape index (κ2) is 9.44. The number of nitrogens with zero attached hydrogens (tertiary/aromatic N) is 3. The van der Waals surface area contributed by atoms with E-state index >= 15 is 0 Å². The van der Waals surface area contributed by atoms with Gasteiger partial charge in [-0.1, -0.05) is 18.2 Å². The van der Waals surface area contributed by atoms with E-state index < -0.39 is 0 Å². The fourth-order valence-corrected chi connectivity index (χ4v) is 4.39. The van der Waals surface area contributed by atoms with E-state index in [0.29, 0.717) is 43.3 Å². The molecule has 8 nitrogen and oxygen atoms in total. The van der Waals surface area contributed by atoms with E-state index in [9.17, 15) is 9.59 Å². The van der Waals surface area contributed by atoms with Crippen LogP contribution in [0.3, 0.4) is 0 Å². The van der Waals surface area contributed by atoms with Crippen molar-refractivity contribution in [3.8, 4) is 17.2 Å². The van der Waals surface area contributed by atoms with Crippen molar-refractivity contribution in [2.75, 3.05) is 34.4 Å². The Bertz CT molecular complexity index is 1250. The number of hydrogen-bond acceptors (Lipinski definition) is 5. The van der Waals surface area contributed by atoms with Gasteiger partial charge in [-0.05, 0) is 24.1 Å². The standard InChI is InChI=1S/C25H29N3O5/c1-26-19-7-5-6-8-20(19)28(25(26)30)14-11-23(29)27-12-9-17(10-13-27)24-21(32-3)15-18(31-2)16-22(24)33-4/h5-9,15-16H,10-14H2,1-4H3. The van der Waals surface area contributed by atoms with Crippen molar-refractivity contribution in [3.63, 3.8) is 0 Å². The summed E-state index contributed by atoms with van der Waals surface area (Å²) in [5.41, 5.74) is 3.56. The number of para-hydroxylation sites is 2. The number of ether oxygens (including phenoxy) is 3. The van der Waals surface area contributed by atoms with Gasteiger partial charge in [0.2, 0.25) is 5.91 Å². The average molecular weight is 452 g/mol. The fourth-order valence-electron chi connectivity index (χ4n) is 4.39. The lowest BCUT2D eigenvalue weighted by Crippen LogP contribution is -2.35. The van der Waals surface area contributed by atoms with Crippen molar-refractivity contribution < 1.29 is 19.0 Å². The van der Waals surface area contributed by atoms with Crippen molar-refractivity contribution in [1.82, 2.24) is 14.0 Å². The Morgan fingerprint density at radius 3 is 2.24 bits per heavy atom. The van der Waals surface area contributed by atoms with Gasteiger partial charge in [0, 0.05) is 45.2 Å². The van der Waals surface area contributed by atoms with E-state index in [1.165, 1.54) is 0 Å². The fraction of sp³-hybridized carbons (Fsp3) is 0.360. The van der Waals surface area contributed by atoms with E-state index in [4.69, 9.17) is 14.2 Å². The van der Waals surface area contributed by atoms with Crippen LogP contribution in [0.25, 0.3) is 16.6 Å². The molecule has 2 aromatic carbocycles. The van der Waals surface area contributed by atoms with Crippen LogP contribution in [0.1, 0.15) is 18.4 Å². The summed E-state index contributed by atoms with van der Waals surface area (Å²) in [5.74, 6) is 2.03. The number of aryl methyl sites for hydroxylation is 2. The Balaban J connectivity index is 1.48. The Morgan fingerprint density at radius 2 is 1.67 bits per heavy atom. The predicted octanol–water partition coefficient (Wildman–Crippen LogP) is 3.07. The molecule has 0 saturated carbocycles. The molecule has 0 unspecified atom stereocenters. The zero-order valence-electron chi connectivity index (χ0n) is 19.5. The van der Waals surface area contributed by atoms with Crippen LogP contribution >= 0.6 is 0 Å². The third-order valence-electron chi connectivity index (χ3n) is 6.20. The van der Waals surface area contributed by atoms with Crippen LogP contribution in [0, 0.1) is 0 Å². The highest BCUT2D eigenvalue weighted by molar-refractivity contribution is 5.81. The van der Waals surface area contributed by atoms with Crippen molar-refractivity contribution in [1.29, 1.82) is 0 Å². The number of hydrogen-bond donors (Lipinski definition) is 0. The maximum Gasteiger partial charge on any atom is 0.328 e. The van der Waals surface area contributed by atoms with Crippen LogP contribution < -0.4 is 19.9 Å². The van der Waals surface area contributed by atoms with Gasteiger partial charge in [0.1, 0.15) is 17.2 Å². The molecule has 0 aliphatic carbocycles. The molecule has 0 N–H and O–H groups in total. The second-order valence-electron chi connectivity index (χ2n) is 7.96. The Morgan fingerprint density at radius 1 is 1.00 bits per heavy atom. The van der Waals surface area contributed by atoms with E-state index in [1.807, 2.05) is 47.4 Å². The summed E-state index contributed by atoms with van der Waals surface area (Å²) in [4.78, 5) is 27.3. The highest BCUT2D eigenvalue weighted by Crippen LogP contribution is 2.40. The molecule has 8 heteroatoms. The number of rotatable bonds is 7. The zero-order chi connectivity index (χ0) is 23.5. The first kappa shape index (κ1) is 22.5. The van der Waals surface area contributed by atoms with Crippen LogP contribution in [-0.2, 0) is 18.4 Å². The van der Waals surface area contributed by atoms with Gasteiger partial charge >= 0.3 is 5.69 Å². The molecule has 33 heavy (non-hydrogen) atoms. The Kier molecular flexibility index (Phi) is 6.44. The van der Waals surface area contributed by atoms with E-state index in [1.54, 1.807) is 37.5 Å². The minimum Gasteiger partial charge on any atom is -0.496 e. The zero-order valence-corrected chi connectivity index (χ0v) is 19.5. The number of carbonyl (C=O) groups excluding carboxylic acids is 1. The lowest BCUT2D eigenvalue weighted by Gasteiger charge is -2.28. The summed E-state index contributed by atoms with van der Waals surface area (Å²) in [6, 6.07) is 11.3. The smallest absolute Gasteiger partial charge is 0.328 e. The van der Waals surface area contributed by atoms with Gasteiger partial charge in [-0.15, -0.1) is 0 Å². The van der Waals surface area contributed by atoms with Crippen LogP contribution in [0.15, 0.2) is 47.3 Å². The summed E-state index contributed by atoms with van der Waals surface area (Å²) < 4.78 is 19.8. The SMILES string of the molecule is COc1cc(OC)c(C2=CCN(C(=O)CCn3c(=O)n(C)c4ccccc43)CC2)c(OC)c1. The molecule has 2 heterocycles. The molecule has 0 fully saturated rings. The van der Waals surface area contributed by atoms with Crippen LogP contribution in [-0.4, -0.2) is 54.4 Å². The third-order valence-corrected chi connectivity index (χ3v) is 6.20. The van der Waals surface area contributed by atoms with Gasteiger partial charge in [0.25, 0.3) is 0 Å². The maximum atomic E-state index is 12.9. The number of fused-ring (bicyclic) bond motifs is 1. The quantitative estimate of drug-likeness (QED) is 0.552. The number of imidazole rings is 1. The number of methoxy groups -OCH3 is 3. The number of benzene rings is 2. The van der Waals surface area contributed by atoms with Gasteiger partial charge in [0.05, 0.1) is 37.9 Å². The minimum absolute atomic E-state index is 0.0267. The molecule has 174 valence electrons. The van der Waals surface area contributed by atoms with Gasteiger partial charge in [-0.25, -0.2) is 4.79 Å². The third kappa shape index (κ3) is 4.20. The predicted molar refractivity (Wildman–Crippen MR) is 127 cm³/mol. The first-order chi connectivity index (χ1) is 16.0. The van der Waals surface area contributed by atoms with Gasteiger partial charge in [0.15, 0.2) is 0 Å². The van der Waals surface area contributed by atoms with E-state index in [-0.39, 0.29) is 18.0 Å². The molecular formula is C25H29N3O5. The Hall–Kier alpha value is -3.68. The highest BCUT2D eigenvalue weighted by atomic mass is 16.5. The van der Waals surface area contributed by atoms with E-state index in [0.717, 1.165) is 22.2 Å². The number of carbonyl (C=O) groups is 1.